The number of imidazole rings is 1. The van der Waals surface area contributed by atoms with E-state index in [0.717, 1.165) is 6.42 Å². The predicted molar refractivity (Wildman–Crippen MR) is 78.8 cm³/mol. The first kappa shape index (κ1) is 14.4. The maximum absolute atomic E-state index is 12.5. The largest absolute Gasteiger partial charge is 0.335 e. The number of nitrogens with one attached hydrogen (secondary N) is 1. The van der Waals surface area contributed by atoms with Crippen molar-refractivity contribution in [2.75, 3.05) is 6.54 Å². The Kier molecular flexibility index (Phi) is 3.92. The quantitative estimate of drug-likeness (QED) is 0.851. The number of carbonyl (C=O) groups is 1. The Morgan fingerprint density at radius 1 is 1.52 bits per heavy atom. The van der Waals surface area contributed by atoms with E-state index in [4.69, 9.17) is 0 Å². The molecule has 1 aliphatic rings. The van der Waals surface area contributed by atoms with Crippen LogP contribution in [-0.2, 0) is 10.0 Å². The van der Waals surface area contributed by atoms with Gasteiger partial charge in [0.05, 0.1) is 17.4 Å². The van der Waals surface area contributed by atoms with Crippen LogP contribution in [0.15, 0.2) is 35.1 Å². The van der Waals surface area contributed by atoms with Crippen molar-refractivity contribution in [1.82, 2.24) is 14.3 Å². The molecule has 2 aromatic rings. The summed E-state index contributed by atoms with van der Waals surface area (Å²) in [6, 6.07) is 3.33. The van der Waals surface area contributed by atoms with Crippen LogP contribution in [0.3, 0.4) is 0 Å². The lowest BCUT2D eigenvalue weighted by Crippen LogP contribution is -2.37. The Morgan fingerprint density at radius 3 is 3.05 bits per heavy atom. The van der Waals surface area contributed by atoms with Crippen molar-refractivity contribution in [3.05, 3.63) is 34.9 Å². The topological polar surface area (TPSA) is 83.1 Å². The van der Waals surface area contributed by atoms with Crippen molar-refractivity contribution in [3.8, 4) is 0 Å². The molecule has 1 saturated heterocycles. The Balaban J connectivity index is 1.79. The van der Waals surface area contributed by atoms with Gasteiger partial charge < -0.3 is 4.98 Å². The smallest absolute Gasteiger partial charge is 0.260 e. The number of ketones is 1. The van der Waals surface area contributed by atoms with Crippen molar-refractivity contribution in [2.24, 2.45) is 0 Å². The molecule has 21 heavy (non-hydrogen) atoms. The van der Waals surface area contributed by atoms with Gasteiger partial charge in [0.25, 0.3) is 10.0 Å². The molecular weight excluding hydrogens is 310 g/mol. The van der Waals surface area contributed by atoms with E-state index >= 15 is 0 Å². The Hall–Kier alpha value is -1.51. The molecule has 0 unspecified atom stereocenters. The molecule has 0 aromatic carbocycles. The highest BCUT2D eigenvalue weighted by atomic mass is 32.2. The van der Waals surface area contributed by atoms with Crippen molar-refractivity contribution < 1.29 is 13.2 Å². The Labute approximate surface area is 126 Å². The summed E-state index contributed by atoms with van der Waals surface area (Å²) in [4.78, 5) is 19.3. The number of carbonyl (C=O) groups excluding carboxylic acids is 1. The van der Waals surface area contributed by atoms with E-state index in [0.29, 0.717) is 17.8 Å². The van der Waals surface area contributed by atoms with Gasteiger partial charge in [0, 0.05) is 19.0 Å². The van der Waals surface area contributed by atoms with Gasteiger partial charge in [0.1, 0.15) is 0 Å². The third kappa shape index (κ3) is 2.78. The molecule has 0 bridgehead atoms. The first-order chi connectivity index (χ1) is 10.1. The number of H-pyrrole nitrogens is 1. The summed E-state index contributed by atoms with van der Waals surface area (Å²) in [5.41, 5.74) is 0. The van der Waals surface area contributed by atoms with Gasteiger partial charge in [-0.25, -0.2) is 13.4 Å². The van der Waals surface area contributed by atoms with E-state index in [1.54, 1.807) is 6.07 Å². The summed E-state index contributed by atoms with van der Waals surface area (Å²) < 4.78 is 26.5. The van der Waals surface area contributed by atoms with Crippen molar-refractivity contribution in [1.29, 1.82) is 0 Å². The molecular formula is C13H15N3O3S2. The molecule has 1 aliphatic heterocycles. The van der Waals surface area contributed by atoms with Gasteiger partial charge in [-0.15, -0.1) is 11.3 Å². The second-order valence-electron chi connectivity index (χ2n) is 4.93. The first-order valence-corrected chi connectivity index (χ1v) is 8.98. The average molecular weight is 325 g/mol. The monoisotopic (exact) mass is 325 g/mol. The van der Waals surface area contributed by atoms with Gasteiger partial charge in [0.2, 0.25) is 0 Å². The zero-order valence-electron chi connectivity index (χ0n) is 11.2. The number of aromatic nitrogens is 2. The molecule has 0 amide bonds. The van der Waals surface area contributed by atoms with Crippen LogP contribution in [0.2, 0.25) is 0 Å². The van der Waals surface area contributed by atoms with Crippen LogP contribution >= 0.6 is 11.3 Å². The zero-order valence-corrected chi connectivity index (χ0v) is 12.9. The van der Waals surface area contributed by atoms with E-state index in [-0.39, 0.29) is 23.3 Å². The predicted octanol–water partition coefficient (Wildman–Crippen LogP) is 1.90. The van der Waals surface area contributed by atoms with Gasteiger partial charge in [-0.2, -0.15) is 4.31 Å². The molecule has 3 rings (SSSR count). The summed E-state index contributed by atoms with van der Waals surface area (Å²) in [6.07, 6.45) is 4.36. The summed E-state index contributed by atoms with van der Waals surface area (Å²) in [5, 5.41) is 1.93. The van der Waals surface area contributed by atoms with Gasteiger partial charge in [-0.05, 0) is 24.3 Å². The lowest BCUT2D eigenvalue weighted by atomic mass is 10.1. The molecule has 1 fully saturated rings. The standard InChI is InChI=1S/C13H15N3O3S2/c17-11(12-4-2-6-20-12)7-10-3-1-5-16(10)21(18,19)13-8-14-9-15-13/h2,4,6,8-10H,1,3,5,7H2,(H,14,15)/t10-/m1/s1. The number of aromatic amines is 1. The highest BCUT2D eigenvalue weighted by Crippen LogP contribution is 2.28. The second-order valence-corrected chi connectivity index (χ2v) is 7.74. The molecule has 0 saturated carbocycles. The second kappa shape index (κ2) is 5.70. The number of Topliss-reactive ketones (excluding diaryl/α,β-unsaturated/α-hetero) is 1. The number of hydrogen-bond donors (Lipinski definition) is 1. The highest BCUT2D eigenvalue weighted by Gasteiger charge is 2.37. The van der Waals surface area contributed by atoms with Crippen LogP contribution in [0.25, 0.3) is 0 Å². The number of nitrogens with zero attached hydrogens (tertiary/aromatic N) is 2. The summed E-state index contributed by atoms with van der Waals surface area (Å²) in [7, 11) is -3.59. The van der Waals surface area contributed by atoms with Crippen LogP contribution in [0, 0.1) is 0 Å². The van der Waals surface area contributed by atoms with Gasteiger partial charge in [-0.3, -0.25) is 4.79 Å². The van der Waals surface area contributed by atoms with E-state index in [9.17, 15) is 13.2 Å². The maximum atomic E-state index is 12.5. The molecule has 1 N–H and O–H groups in total. The SMILES string of the molecule is O=C(C[C@H]1CCCN1S(=O)(=O)c1cnc[nH]1)c1cccs1. The first-order valence-electron chi connectivity index (χ1n) is 6.66. The maximum Gasteiger partial charge on any atom is 0.260 e. The fourth-order valence-corrected chi connectivity index (χ4v) is 4.86. The average Bonchev–Trinajstić information content (AvgIpc) is 3.20. The van der Waals surface area contributed by atoms with Gasteiger partial charge in [0.15, 0.2) is 10.8 Å². The van der Waals surface area contributed by atoms with E-state index < -0.39 is 10.0 Å². The van der Waals surface area contributed by atoms with E-state index in [2.05, 4.69) is 9.97 Å². The molecule has 8 heteroatoms. The van der Waals surface area contributed by atoms with E-state index in [1.165, 1.54) is 28.2 Å². The van der Waals surface area contributed by atoms with Crippen molar-refractivity contribution in [2.45, 2.75) is 30.3 Å². The highest BCUT2D eigenvalue weighted by molar-refractivity contribution is 7.89. The fourth-order valence-electron chi connectivity index (χ4n) is 2.59. The summed E-state index contributed by atoms with van der Waals surface area (Å²) in [5.74, 6) is 0.00158. The molecule has 2 aromatic heterocycles. The minimum atomic E-state index is -3.59. The molecule has 0 aliphatic carbocycles. The minimum absolute atomic E-state index is 0.00158. The molecule has 112 valence electrons. The minimum Gasteiger partial charge on any atom is -0.335 e. The third-order valence-electron chi connectivity index (χ3n) is 3.60. The summed E-state index contributed by atoms with van der Waals surface area (Å²) in [6.45, 7) is 0.448. The van der Waals surface area contributed by atoms with Crippen LogP contribution in [0.5, 0.6) is 0 Å². The third-order valence-corrected chi connectivity index (χ3v) is 6.39. The molecule has 0 radical (unpaired) electrons. The Morgan fingerprint density at radius 2 is 2.38 bits per heavy atom. The molecule has 6 nitrogen and oxygen atoms in total. The van der Waals surface area contributed by atoms with E-state index in [1.807, 2.05) is 11.4 Å². The van der Waals surface area contributed by atoms with Crippen LogP contribution < -0.4 is 0 Å². The lowest BCUT2D eigenvalue weighted by Gasteiger charge is -2.22. The Bertz CT molecular complexity index is 708. The number of thiophene rings is 1. The van der Waals surface area contributed by atoms with Gasteiger partial charge in [-0.1, -0.05) is 6.07 Å². The van der Waals surface area contributed by atoms with Gasteiger partial charge >= 0.3 is 0 Å². The fraction of sp³-hybridized carbons (Fsp3) is 0.385. The van der Waals surface area contributed by atoms with Crippen LogP contribution in [-0.4, -0.2) is 41.1 Å². The van der Waals surface area contributed by atoms with Crippen molar-refractivity contribution in [3.63, 3.8) is 0 Å². The van der Waals surface area contributed by atoms with Crippen LogP contribution in [0.4, 0.5) is 0 Å². The lowest BCUT2D eigenvalue weighted by molar-refractivity contribution is 0.0965. The number of hydrogen-bond acceptors (Lipinski definition) is 5. The summed E-state index contributed by atoms with van der Waals surface area (Å²) >= 11 is 1.39. The molecule has 3 heterocycles. The number of rotatable bonds is 5. The normalized spacial score (nSPS) is 19.9. The van der Waals surface area contributed by atoms with Crippen LogP contribution in [0.1, 0.15) is 28.9 Å². The zero-order chi connectivity index (χ0) is 14.9. The number of sulfonamides is 1. The van der Waals surface area contributed by atoms with Crippen molar-refractivity contribution >= 4 is 27.1 Å². The molecule has 1 atom stereocenters. The molecule has 0 spiro atoms.